The van der Waals surface area contributed by atoms with Crippen LogP contribution >= 0.6 is 0 Å². The highest BCUT2D eigenvalue weighted by Gasteiger charge is 2.34. The van der Waals surface area contributed by atoms with Gasteiger partial charge in [-0.05, 0) is 47.5 Å². The predicted octanol–water partition coefficient (Wildman–Crippen LogP) is 6.84. The lowest BCUT2D eigenvalue weighted by Gasteiger charge is -2.12. The monoisotopic (exact) mass is 579 g/mol. The summed E-state index contributed by atoms with van der Waals surface area (Å²) in [5.41, 5.74) is 4.65. The van der Waals surface area contributed by atoms with Crippen molar-refractivity contribution in [2.45, 2.75) is 25.4 Å². The van der Waals surface area contributed by atoms with E-state index < -0.39 is 35.3 Å². The molecule has 214 valence electrons. The van der Waals surface area contributed by atoms with Gasteiger partial charge in [-0.25, -0.2) is 24.0 Å². The molecule has 0 fully saturated rings. The number of halogens is 7. The molecule has 4 aromatic rings. The van der Waals surface area contributed by atoms with E-state index in [9.17, 15) is 40.3 Å². The topological polar surface area (TPSA) is 109 Å². The molecule has 7 nitrogen and oxygen atoms in total. The summed E-state index contributed by atoms with van der Waals surface area (Å²) in [7, 11) is 0. The van der Waals surface area contributed by atoms with Crippen LogP contribution in [0.1, 0.15) is 22.3 Å². The molecular weight excluding hydrogens is 559 g/mol. The van der Waals surface area contributed by atoms with E-state index >= 15 is 0 Å². The Labute approximate surface area is 227 Å². The zero-order valence-corrected chi connectivity index (χ0v) is 20.8. The molecule has 0 unspecified atom stereocenters. The molecule has 2 amide bonds. The van der Waals surface area contributed by atoms with Crippen molar-refractivity contribution in [2.75, 3.05) is 11.1 Å². The molecule has 0 saturated carbocycles. The first kappa shape index (κ1) is 30.6. The maximum absolute atomic E-state index is 12.9. The van der Waals surface area contributed by atoms with E-state index in [2.05, 4.69) is 20.6 Å². The molecule has 0 aliphatic carbocycles. The highest BCUT2D eigenvalue weighted by Crippen LogP contribution is 2.32. The number of nitrogens with two attached hydrogens (primary N) is 1. The summed E-state index contributed by atoms with van der Waals surface area (Å²) >= 11 is 0. The fraction of sp³-hybridized carbons (Fsp3) is 0.148. The summed E-state index contributed by atoms with van der Waals surface area (Å²) in [6.45, 7) is -0.219. The van der Waals surface area contributed by atoms with Crippen LogP contribution in [0.3, 0.4) is 0 Å². The molecule has 0 spiro atoms. The van der Waals surface area contributed by atoms with Crippen molar-refractivity contribution in [3.63, 3.8) is 0 Å². The van der Waals surface area contributed by atoms with E-state index in [-0.39, 0.29) is 18.7 Å². The number of anilines is 2. The maximum Gasteiger partial charge on any atom is 0.419 e. The molecule has 4 rings (SSSR count). The summed E-state index contributed by atoms with van der Waals surface area (Å²) < 4.78 is 87.4. The van der Waals surface area contributed by atoms with E-state index in [1.807, 2.05) is 6.07 Å². The maximum atomic E-state index is 12.9. The molecular formula is C27H20F7N5O2. The van der Waals surface area contributed by atoms with Crippen LogP contribution < -0.4 is 16.4 Å². The van der Waals surface area contributed by atoms with Crippen LogP contribution in [0.25, 0.3) is 10.8 Å². The second-order valence-electron chi connectivity index (χ2n) is 8.36. The van der Waals surface area contributed by atoms with E-state index in [0.29, 0.717) is 34.6 Å². The molecule has 0 atom stereocenters. The average molecular weight is 579 g/mol. The number of carbonyl (C=O) groups excluding carboxylic acids is 2. The first-order valence-electron chi connectivity index (χ1n) is 11.5. The number of amides is 2. The van der Waals surface area contributed by atoms with Gasteiger partial charge in [-0.2, -0.15) is 26.3 Å². The van der Waals surface area contributed by atoms with Gasteiger partial charge >= 0.3 is 18.4 Å². The number of nitrogens with zero attached hydrogens (tertiary/aromatic N) is 2. The Morgan fingerprint density at radius 1 is 0.927 bits per heavy atom. The summed E-state index contributed by atoms with van der Waals surface area (Å²) in [4.78, 5) is 28.9. The lowest BCUT2D eigenvalue weighted by molar-refractivity contribution is -0.140. The van der Waals surface area contributed by atoms with Crippen molar-refractivity contribution in [1.82, 2.24) is 10.3 Å². The number of urea groups is 1. The number of fused-ring (bicyclic) bond motifs is 1. The molecule has 1 heterocycles. The number of rotatable bonds is 5. The largest absolute Gasteiger partial charge is 0.419 e. The van der Waals surface area contributed by atoms with Crippen molar-refractivity contribution >= 4 is 34.4 Å². The Hall–Kier alpha value is -4.97. The second-order valence-corrected chi connectivity index (χ2v) is 8.36. The minimum Gasteiger partial charge on any atom is -0.384 e. The number of isocyanates is 1. The van der Waals surface area contributed by atoms with Gasteiger partial charge in [0.15, 0.2) is 0 Å². The van der Waals surface area contributed by atoms with Crippen LogP contribution in [0.5, 0.6) is 0 Å². The number of nitrogens with one attached hydrogen (secondary N) is 2. The molecule has 0 radical (unpaired) electrons. The Balaban J connectivity index is 0.000000263. The number of alkyl halides is 6. The first-order valence-corrected chi connectivity index (χ1v) is 11.5. The van der Waals surface area contributed by atoms with Crippen molar-refractivity contribution in [3.8, 4) is 0 Å². The first-order chi connectivity index (χ1) is 19.3. The van der Waals surface area contributed by atoms with Crippen LogP contribution in [0.15, 0.2) is 77.9 Å². The normalized spacial score (nSPS) is 11.2. The van der Waals surface area contributed by atoms with E-state index in [1.54, 1.807) is 24.4 Å². The van der Waals surface area contributed by atoms with Crippen molar-refractivity contribution < 1.29 is 40.3 Å². The highest BCUT2D eigenvalue weighted by atomic mass is 19.4. The van der Waals surface area contributed by atoms with Gasteiger partial charge in [-0.15, -0.1) is 0 Å². The summed E-state index contributed by atoms with van der Waals surface area (Å²) in [5, 5.41) is 6.73. The molecule has 14 heteroatoms. The molecule has 0 aliphatic rings. The highest BCUT2D eigenvalue weighted by molar-refractivity contribution is 6.02. The number of aliphatic imine (C=N–C) groups is 1. The van der Waals surface area contributed by atoms with Crippen LogP contribution in [0, 0.1) is 5.82 Å². The Morgan fingerprint density at radius 3 is 2.32 bits per heavy atom. The van der Waals surface area contributed by atoms with Gasteiger partial charge < -0.3 is 16.4 Å². The van der Waals surface area contributed by atoms with Gasteiger partial charge in [0.2, 0.25) is 6.08 Å². The number of aromatic nitrogens is 1. The predicted molar refractivity (Wildman–Crippen MR) is 137 cm³/mol. The number of hydrogen-bond acceptors (Lipinski definition) is 5. The number of pyridine rings is 1. The Bertz CT molecular complexity index is 1580. The van der Waals surface area contributed by atoms with Crippen molar-refractivity contribution in [3.05, 3.63) is 101 Å². The fourth-order valence-electron chi connectivity index (χ4n) is 3.51. The van der Waals surface area contributed by atoms with Crippen LogP contribution in [-0.2, 0) is 30.2 Å². The third-order valence-corrected chi connectivity index (χ3v) is 5.41. The molecule has 3 aromatic carbocycles. The zero-order valence-electron chi connectivity index (χ0n) is 20.8. The SMILES string of the molecule is Nc1cc2c(NC(=O)NCc3cccc(C(F)(F)F)c3)cccc2cn1.O=C=NCc1ccc(C(F)(F)F)c(F)c1. The molecule has 0 saturated heterocycles. The molecule has 0 aliphatic heterocycles. The van der Waals surface area contributed by atoms with Crippen molar-refractivity contribution in [1.29, 1.82) is 0 Å². The van der Waals surface area contributed by atoms with Gasteiger partial charge in [-0.1, -0.05) is 30.3 Å². The van der Waals surface area contributed by atoms with Gasteiger partial charge in [0, 0.05) is 23.5 Å². The molecule has 1 aromatic heterocycles. The summed E-state index contributed by atoms with van der Waals surface area (Å²) in [5.74, 6) is -1.06. The van der Waals surface area contributed by atoms with Gasteiger partial charge in [-0.3, -0.25) is 0 Å². The van der Waals surface area contributed by atoms with Gasteiger partial charge in [0.25, 0.3) is 0 Å². The third kappa shape index (κ3) is 8.77. The molecule has 0 bridgehead atoms. The lowest BCUT2D eigenvalue weighted by atomic mass is 10.1. The number of nitrogen functional groups attached to an aromatic ring is 1. The smallest absolute Gasteiger partial charge is 0.384 e. The quantitative estimate of drug-likeness (QED) is 0.137. The van der Waals surface area contributed by atoms with Crippen LogP contribution in [0.4, 0.5) is 47.0 Å². The minimum absolute atomic E-state index is 0.0375. The molecule has 4 N–H and O–H groups in total. The Kier molecular flexibility index (Phi) is 9.63. The fourth-order valence-corrected chi connectivity index (χ4v) is 3.51. The third-order valence-electron chi connectivity index (χ3n) is 5.41. The Morgan fingerprint density at radius 2 is 1.66 bits per heavy atom. The number of carbonyl (C=O) groups is 1. The standard InChI is InChI=1S/C18H15F3N4O.C9H5F4NO/c19-18(20,21)13-5-1-3-11(7-13)9-24-17(26)25-15-6-2-4-12-10-23-16(22)8-14(12)15;10-8-3-6(4-14-5-15)1-2-7(8)9(11,12)13/h1-8,10H,9H2,(H2,22,23)(H2,24,25,26);1-3H,4H2. The summed E-state index contributed by atoms with van der Waals surface area (Å²) in [6.07, 6.45) is -6.33. The van der Waals surface area contributed by atoms with E-state index in [0.717, 1.165) is 23.6 Å². The van der Waals surface area contributed by atoms with Gasteiger partial charge in [0.1, 0.15) is 11.6 Å². The van der Waals surface area contributed by atoms with Crippen LogP contribution in [-0.4, -0.2) is 17.1 Å². The second kappa shape index (κ2) is 12.9. The molecule has 41 heavy (non-hydrogen) atoms. The minimum atomic E-state index is -4.71. The average Bonchev–Trinajstić information content (AvgIpc) is 2.90. The van der Waals surface area contributed by atoms with E-state index in [1.165, 1.54) is 18.2 Å². The van der Waals surface area contributed by atoms with Crippen molar-refractivity contribution in [2.24, 2.45) is 4.99 Å². The zero-order chi connectivity index (χ0) is 30.2. The van der Waals surface area contributed by atoms with Gasteiger partial charge in [0.05, 0.1) is 23.4 Å². The number of hydrogen-bond donors (Lipinski definition) is 3. The summed E-state index contributed by atoms with van der Waals surface area (Å²) in [6, 6.07) is 13.6. The van der Waals surface area contributed by atoms with Crippen LogP contribution in [0.2, 0.25) is 0 Å². The lowest BCUT2D eigenvalue weighted by Crippen LogP contribution is -2.28. The number of benzene rings is 3. The van der Waals surface area contributed by atoms with E-state index in [4.69, 9.17) is 5.73 Å².